The van der Waals surface area contributed by atoms with Crippen molar-refractivity contribution in [3.05, 3.63) is 93.6 Å². The first kappa shape index (κ1) is 17.9. The minimum Gasteiger partial charge on any atom is -0.481 e. The Morgan fingerprint density at radius 3 is 2.54 bits per heavy atom. The molecule has 6 heteroatoms. The maximum Gasteiger partial charge on any atom is 0.266 e. The number of rotatable bonds is 4. The number of pyridine rings is 1. The Balaban J connectivity index is 1.94. The van der Waals surface area contributed by atoms with Crippen LogP contribution in [0.25, 0.3) is 28.7 Å². The van der Waals surface area contributed by atoms with Crippen molar-refractivity contribution < 1.29 is 4.74 Å². The van der Waals surface area contributed by atoms with Gasteiger partial charge in [0.2, 0.25) is 5.88 Å². The molecule has 5 nitrogen and oxygen atoms in total. The fourth-order valence-corrected chi connectivity index (χ4v) is 3.15. The first-order chi connectivity index (χ1) is 13.7. The Bertz CT molecular complexity index is 1250. The topological polar surface area (TPSA) is 57.0 Å². The van der Waals surface area contributed by atoms with Gasteiger partial charge in [-0.05, 0) is 42.5 Å². The lowest BCUT2D eigenvalue weighted by atomic mass is 10.2. The fourth-order valence-electron chi connectivity index (χ4n) is 2.92. The van der Waals surface area contributed by atoms with E-state index in [0.717, 1.165) is 0 Å². The van der Waals surface area contributed by atoms with Gasteiger partial charge in [0.1, 0.15) is 5.82 Å². The number of ether oxygens (including phenoxy) is 1. The van der Waals surface area contributed by atoms with E-state index in [1.54, 1.807) is 43.5 Å². The van der Waals surface area contributed by atoms with Crippen molar-refractivity contribution in [2.45, 2.75) is 0 Å². The van der Waals surface area contributed by atoms with Crippen molar-refractivity contribution in [1.29, 1.82) is 0 Å². The molecule has 2 aromatic heterocycles. The van der Waals surface area contributed by atoms with Crippen molar-refractivity contribution in [3.8, 4) is 11.6 Å². The molecule has 2 aromatic carbocycles. The van der Waals surface area contributed by atoms with Gasteiger partial charge in [0.15, 0.2) is 0 Å². The maximum atomic E-state index is 13.2. The molecule has 4 rings (SSSR count). The van der Waals surface area contributed by atoms with Crippen LogP contribution in [-0.2, 0) is 0 Å². The van der Waals surface area contributed by atoms with Crippen molar-refractivity contribution in [2.75, 3.05) is 7.11 Å². The summed E-state index contributed by atoms with van der Waals surface area (Å²) in [7, 11) is 1.57. The highest BCUT2D eigenvalue weighted by atomic mass is 35.5. The van der Waals surface area contributed by atoms with E-state index in [2.05, 4.69) is 9.97 Å². The van der Waals surface area contributed by atoms with Crippen LogP contribution >= 0.6 is 11.6 Å². The number of methoxy groups -OCH3 is 1. The van der Waals surface area contributed by atoms with E-state index in [1.807, 2.05) is 42.5 Å². The van der Waals surface area contributed by atoms with Crippen LogP contribution in [0, 0.1) is 0 Å². The summed E-state index contributed by atoms with van der Waals surface area (Å²) in [5.41, 5.74) is 1.70. The second-order valence-electron chi connectivity index (χ2n) is 6.02. The Hall–Kier alpha value is -3.44. The van der Waals surface area contributed by atoms with Crippen molar-refractivity contribution in [3.63, 3.8) is 0 Å². The number of hydrogen-bond acceptors (Lipinski definition) is 4. The van der Waals surface area contributed by atoms with Crippen LogP contribution in [0.1, 0.15) is 11.5 Å². The van der Waals surface area contributed by atoms with Gasteiger partial charge in [-0.25, -0.2) is 9.97 Å². The quantitative estimate of drug-likeness (QED) is 0.511. The second-order valence-corrected chi connectivity index (χ2v) is 6.42. The monoisotopic (exact) mass is 389 g/mol. The van der Waals surface area contributed by atoms with Crippen LogP contribution in [0.5, 0.6) is 5.88 Å². The third-order valence-corrected chi connectivity index (χ3v) is 4.57. The molecule has 4 aromatic rings. The lowest BCUT2D eigenvalue weighted by Gasteiger charge is -2.12. The number of benzene rings is 2. The van der Waals surface area contributed by atoms with Gasteiger partial charge in [0, 0.05) is 6.07 Å². The molecule has 28 heavy (non-hydrogen) atoms. The van der Waals surface area contributed by atoms with E-state index in [9.17, 15) is 4.79 Å². The van der Waals surface area contributed by atoms with Gasteiger partial charge in [-0.3, -0.25) is 9.36 Å². The summed E-state index contributed by atoms with van der Waals surface area (Å²) in [6.45, 7) is 0. The molecule has 0 atom stereocenters. The zero-order valence-corrected chi connectivity index (χ0v) is 15.8. The first-order valence-electron chi connectivity index (χ1n) is 8.63. The highest BCUT2D eigenvalue weighted by molar-refractivity contribution is 6.32. The normalized spacial score (nSPS) is 11.2. The molecule has 138 valence electrons. The van der Waals surface area contributed by atoms with E-state index in [1.165, 1.54) is 4.57 Å². The summed E-state index contributed by atoms with van der Waals surface area (Å²) in [4.78, 5) is 22.2. The molecule has 0 aliphatic rings. The van der Waals surface area contributed by atoms with Crippen LogP contribution in [0.2, 0.25) is 5.02 Å². The Kier molecular flexibility index (Phi) is 4.91. The van der Waals surface area contributed by atoms with Gasteiger partial charge in [-0.1, -0.05) is 41.9 Å². The SMILES string of the molecule is COc1cccc(/C=C/c2nc3ccccc3c(=O)n2-c2ccccc2Cl)n1. The number of aromatic nitrogens is 3. The zero-order valence-electron chi connectivity index (χ0n) is 15.0. The summed E-state index contributed by atoms with van der Waals surface area (Å²) < 4.78 is 6.67. The molecular weight excluding hydrogens is 374 g/mol. The molecule has 2 heterocycles. The minimum atomic E-state index is -0.183. The third kappa shape index (κ3) is 3.40. The molecule has 0 saturated carbocycles. The van der Waals surface area contributed by atoms with Gasteiger partial charge in [0.25, 0.3) is 5.56 Å². The summed E-state index contributed by atoms with van der Waals surface area (Å²) in [6, 6.07) is 19.9. The first-order valence-corrected chi connectivity index (χ1v) is 9.01. The van der Waals surface area contributed by atoms with Crippen LogP contribution in [-0.4, -0.2) is 21.6 Å². The summed E-state index contributed by atoms with van der Waals surface area (Å²) >= 11 is 6.37. The van der Waals surface area contributed by atoms with E-state index >= 15 is 0 Å². The molecule has 0 N–H and O–H groups in total. The zero-order chi connectivity index (χ0) is 19.5. The van der Waals surface area contributed by atoms with E-state index in [-0.39, 0.29) is 5.56 Å². The predicted molar refractivity (Wildman–Crippen MR) is 112 cm³/mol. The highest BCUT2D eigenvalue weighted by Crippen LogP contribution is 2.22. The van der Waals surface area contributed by atoms with Gasteiger partial charge in [-0.15, -0.1) is 0 Å². The molecular formula is C22H16ClN3O2. The Morgan fingerprint density at radius 1 is 0.929 bits per heavy atom. The second kappa shape index (κ2) is 7.66. The third-order valence-electron chi connectivity index (χ3n) is 4.25. The van der Waals surface area contributed by atoms with Gasteiger partial charge in [0.05, 0.1) is 34.4 Å². The highest BCUT2D eigenvalue weighted by Gasteiger charge is 2.13. The number of hydrogen-bond donors (Lipinski definition) is 0. The lowest BCUT2D eigenvalue weighted by molar-refractivity contribution is 0.397. The van der Waals surface area contributed by atoms with Crippen molar-refractivity contribution in [1.82, 2.24) is 14.5 Å². The van der Waals surface area contributed by atoms with Crippen molar-refractivity contribution >= 4 is 34.7 Å². The average Bonchev–Trinajstić information content (AvgIpc) is 2.73. The van der Waals surface area contributed by atoms with E-state index in [0.29, 0.717) is 39.0 Å². The molecule has 0 radical (unpaired) electrons. The standard InChI is InChI=1S/C22H16ClN3O2/c1-28-21-12-6-7-15(24-21)13-14-20-25-18-10-4-2-8-16(18)22(27)26(20)19-11-5-3-9-17(19)23/h2-14H,1H3/b14-13+. The molecule has 0 bridgehead atoms. The molecule has 0 spiro atoms. The Morgan fingerprint density at radius 2 is 1.71 bits per heavy atom. The van der Waals surface area contributed by atoms with Crippen LogP contribution < -0.4 is 10.3 Å². The van der Waals surface area contributed by atoms with Gasteiger partial charge < -0.3 is 4.74 Å². The molecule has 0 saturated heterocycles. The van der Waals surface area contributed by atoms with E-state index < -0.39 is 0 Å². The number of halogens is 1. The van der Waals surface area contributed by atoms with Crippen molar-refractivity contribution in [2.24, 2.45) is 0 Å². The number of para-hydroxylation sites is 2. The molecule has 0 fully saturated rings. The molecule has 0 aliphatic heterocycles. The summed E-state index contributed by atoms with van der Waals surface area (Å²) in [6.07, 6.45) is 3.53. The average molecular weight is 390 g/mol. The van der Waals surface area contributed by atoms with E-state index in [4.69, 9.17) is 16.3 Å². The maximum absolute atomic E-state index is 13.2. The smallest absolute Gasteiger partial charge is 0.266 e. The number of nitrogens with zero attached hydrogens (tertiary/aromatic N) is 3. The molecule has 0 aliphatic carbocycles. The number of fused-ring (bicyclic) bond motifs is 1. The molecule has 0 unspecified atom stereocenters. The van der Waals surface area contributed by atoms with Crippen LogP contribution in [0.15, 0.2) is 71.5 Å². The Labute approximate surface area is 166 Å². The molecule has 0 amide bonds. The predicted octanol–water partition coefficient (Wildman–Crippen LogP) is 4.61. The summed E-state index contributed by atoms with van der Waals surface area (Å²) in [5, 5.41) is 0.995. The van der Waals surface area contributed by atoms with Gasteiger partial charge in [-0.2, -0.15) is 0 Å². The fraction of sp³-hybridized carbons (Fsp3) is 0.0455. The van der Waals surface area contributed by atoms with Crippen LogP contribution in [0.4, 0.5) is 0 Å². The van der Waals surface area contributed by atoms with Crippen LogP contribution in [0.3, 0.4) is 0 Å². The lowest BCUT2D eigenvalue weighted by Crippen LogP contribution is -2.22. The largest absolute Gasteiger partial charge is 0.481 e. The van der Waals surface area contributed by atoms with Gasteiger partial charge >= 0.3 is 0 Å². The summed E-state index contributed by atoms with van der Waals surface area (Å²) in [5.74, 6) is 0.971. The minimum absolute atomic E-state index is 0.183.